The molecule has 0 bridgehead atoms. The molecule has 103 heavy (non-hydrogen) atoms. The van der Waals surface area contributed by atoms with Gasteiger partial charge >= 0.3 is 0 Å². The van der Waals surface area contributed by atoms with Crippen LogP contribution in [0.4, 0.5) is 34.1 Å². The molecule has 0 saturated carbocycles. The normalized spacial score (nSPS) is 13.3. The Hall–Kier alpha value is -10.9. The minimum atomic E-state index is -0.321. The van der Waals surface area contributed by atoms with Crippen LogP contribution in [0.25, 0.3) is 111 Å². The van der Waals surface area contributed by atoms with E-state index in [2.05, 4.69) is 381 Å². The zero-order chi connectivity index (χ0) is 71.4. The second kappa shape index (κ2) is 23.9. The molecule has 0 spiro atoms. The molecule has 0 unspecified atom stereocenters. The molecule has 17 rings (SSSR count). The van der Waals surface area contributed by atoms with Crippen LogP contribution >= 0.6 is 0 Å². The van der Waals surface area contributed by atoms with Crippen LogP contribution in [-0.2, 0) is 27.1 Å². The maximum Gasteiger partial charge on any atom is 0.252 e. The van der Waals surface area contributed by atoms with Gasteiger partial charge in [-0.15, -0.1) is 0 Å². The summed E-state index contributed by atoms with van der Waals surface area (Å²) in [6.07, 6.45) is 0. The number of para-hydroxylation sites is 6. The maximum atomic E-state index is 7.02. The lowest BCUT2D eigenvalue weighted by Gasteiger charge is -2.46. The summed E-state index contributed by atoms with van der Waals surface area (Å²) in [6.45, 7) is 34.8. The fourth-order valence-corrected chi connectivity index (χ4v) is 16.3. The van der Waals surface area contributed by atoms with Gasteiger partial charge in [0.25, 0.3) is 6.71 Å². The summed E-state index contributed by atoms with van der Waals surface area (Å²) in [7, 11) is 0. The summed E-state index contributed by atoms with van der Waals surface area (Å²) >= 11 is 0. The first kappa shape index (κ1) is 65.4. The minimum Gasteiger partial charge on any atom is -0.455 e. The van der Waals surface area contributed by atoms with E-state index in [1.54, 1.807) is 0 Å². The van der Waals surface area contributed by atoms with Gasteiger partial charge in [0, 0.05) is 77.7 Å². The van der Waals surface area contributed by atoms with Crippen LogP contribution in [0.1, 0.15) is 132 Å². The van der Waals surface area contributed by atoms with Crippen molar-refractivity contribution in [3.63, 3.8) is 0 Å². The zero-order valence-corrected chi connectivity index (χ0v) is 62.2. The molecular weight excluding hydrogens is 1250 g/mol. The molecule has 0 amide bonds. The van der Waals surface area contributed by atoms with Crippen LogP contribution in [0.5, 0.6) is 0 Å². The summed E-state index contributed by atoms with van der Waals surface area (Å²) in [5, 5.41) is 4.41. The van der Waals surface area contributed by atoms with E-state index in [-0.39, 0.29) is 33.8 Å². The lowest BCUT2D eigenvalue weighted by atomic mass is 9.33. The van der Waals surface area contributed by atoms with Crippen LogP contribution in [0.15, 0.2) is 276 Å². The first-order valence-corrected chi connectivity index (χ1v) is 36.8. The highest BCUT2D eigenvalue weighted by Gasteiger charge is 2.46. The van der Waals surface area contributed by atoms with E-state index in [9.17, 15) is 0 Å². The standard InChI is InChI=1S/C98H89BN2O2/c1-94(2,3)66-32-20-28-60(52-66)71-38-24-39-72(61-29-21-33-67(53-61)95(4,5)6)90(71)100-83-50-48-64(75-42-26-44-79-77-36-16-18-46-87(77)102-92(75)79)56-81(83)99-82-57-65(76-43-27-45-80-78-37-17-19-47-88(78)103-93(76)80)49-51-84(82)101(86-59-70(98(13,14)15)58-85(100)89(86)99)91-73(62-30-22-34-68(54-62)96(7,8)9)40-25-41-74(91)63-31-23-35-69(55-63)97(10,11)12/h16-59H,1-15H3. The number of anilines is 6. The van der Waals surface area contributed by atoms with Crippen molar-refractivity contribution >= 4 is 101 Å². The summed E-state index contributed by atoms with van der Waals surface area (Å²) in [6, 6.07) is 102. The van der Waals surface area contributed by atoms with E-state index in [0.717, 1.165) is 123 Å². The highest BCUT2D eigenvalue weighted by molar-refractivity contribution is 7.00. The third-order valence-corrected chi connectivity index (χ3v) is 22.0. The number of hydrogen-bond acceptors (Lipinski definition) is 4. The van der Waals surface area contributed by atoms with Gasteiger partial charge < -0.3 is 18.6 Å². The molecule has 15 aromatic rings. The van der Waals surface area contributed by atoms with Crippen molar-refractivity contribution in [3.8, 4) is 66.8 Å². The van der Waals surface area contributed by atoms with E-state index in [1.807, 2.05) is 0 Å². The first-order chi connectivity index (χ1) is 49.2. The highest BCUT2D eigenvalue weighted by atomic mass is 16.3. The number of fused-ring (bicyclic) bond motifs is 10. The molecule has 4 nitrogen and oxygen atoms in total. The maximum absolute atomic E-state index is 7.02. The SMILES string of the molecule is CC(C)(C)c1cccc(-c2cccc(-c3cccc(C(C)(C)C)c3)c2N2c3ccc(-c4cccc5c4oc4ccccc45)cc3B3c4cc(-c5cccc6c5oc5ccccc56)ccc4N(c4c(-c5cccc(C(C)(C)C)c5)cccc4-c4cccc(C(C)(C)C)c4)c4cc(C(C)(C)C)cc2c43)c1. The monoisotopic (exact) mass is 1340 g/mol. The van der Waals surface area contributed by atoms with Crippen LogP contribution < -0.4 is 26.2 Å². The molecule has 0 atom stereocenters. The van der Waals surface area contributed by atoms with Gasteiger partial charge in [0.2, 0.25) is 0 Å². The van der Waals surface area contributed by atoms with Gasteiger partial charge in [-0.1, -0.05) is 334 Å². The lowest BCUT2D eigenvalue weighted by Crippen LogP contribution is -2.61. The van der Waals surface area contributed by atoms with Gasteiger partial charge in [-0.3, -0.25) is 0 Å². The Morgan fingerprint density at radius 2 is 0.534 bits per heavy atom. The zero-order valence-electron chi connectivity index (χ0n) is 62.2. The van der Waals surface area contributed by atoms with Gasteiger partial charge in [-0.05, 0) is 141 Å². The van der Waals surface area contributed by atoms with E-state index in [4.69, 9.17) is 8.83 Å². The molecule has 0 saturated heterocycles. The van der Waals surface area contributed by atoms with Crippen molar-refractivity contribution in [2.24, 2.45) is 0 Å². The first-order valence-electron chi connectivity index (χ1n) is 36.8. The molecule has 506 valence electrons. The average Bonchev–Trinajstić information content (AvgIpc) is 1.07. The van der Waals surface area contributed by atoms with Crippen LogP contribution in [0.3, 0.4) is 0 Å². The van der Waals surface area contributed by atoms with E-state index >= 15 is 0 Å². The van der Waals surface area contributed by atoms with Gasteiger partial charge in [0.15, 0.2) is 0 Å². The molecular formula is C98H89BN2O2. The molecule has 2 aliphatic rings. The van der Waals surface area contributed by atoms with E-state index in [0.29, 0.717) is 0 Å². The predicted molar refractivity (Wildman–Crippen MR) is 441 cm³/mol. The molecule has 2 aliphatic heterocycles. The molecule has 0 fully saturated rings. The third-order valence-electron chi connectivity index (χ3n) is 22.0. The number of hydrogen-bond donors (Lipinski definition) is 0. The average molecular weight is 1340 g/mol. The van der Waals surface area contributed by atoms with Gasteiger partial charge in [-0.2, -0.15) is 0 Å². The number of rotatable bonds is 8. The van der Waals surface area contributed by atoms with Crippen molar-refractivity contribution in [1.82, 2.24) is 0 Å². The van der Waals surface area contributed by atoms with E-state index in [1.165, 1.54) is 66.5 Å². The summed E-state index contributed by atoms with van der Waals surface area (Å²) in [5.74, 6) is 0. The molecule has 13 aromatic carbocycles. The van der Waals surface area contributed by atoms with E-state index < -0.39 is 0 Å². The fraction of sp³-hybridized carbons (Fsp3) is 0.204. The Morgan fingerprint density at radius 1 is 0.243 bits per heavy atom. The molecule has 5 heteroatoms. The number of nitrogens with zero attached hydrogens (tertiary/aromatic N) is 2. The fourth-order valence-electron chi connectivity index (χ4n) is 16.3. The smallest absolute Gasteiger partial charge is 0.252 e. The summed E-state index contributed by atoms with van der Waals surface area (Å²) in [5.41, 5.74) is 33.0. The van der Waals surface area contributed by atoms with Gasteiger partial charge in [-0.25, -0.2) is 0 Å². The van der Waals surface area contributed by atoms with Crippen molar-refractivity contribution in [2.75, 3.05) is 9.80 Å². The Labute approximate surface area is 608 Å². The number of benzene rings is 13. The molecule has 0 aliphatic carbocycles. The second-order valence-corrected chi connectivity index (χ2v) is 34.1. The highest BCUT2D eigenvalue weighted by Crippen LogP contribution is 2.55. The topological polar surface area (TPSA) is 32.8 Å². The Kier molecular flexibility index (Phi) is 15.2. The predicted octanol–water partition coefficient (Wildman–Crippen LogP) is 26.1. The lowest BCUT2D eigenvalue weighted by molar-refractivity contribution is 0.590. The molecule has 0 radical (unpaired) electrons. The van der Waals surface area contributed by atoms with Crippen molar-refractivity contribution in [3.05, 3.63) is 295 Å². The van der Waals surface area contributed by atoms with Crippen LogP contribution in [0.2, 0.25) is 0 Å². The van der Waals surface area contributed by atoms with Crippen LogP contribution in [-0.4, -0.2) is 6.71 Å². The molecule has 4 heterocycles. The van der Waals surface area contributed by atoms with Crippen molar-refractivity contribution < 1.29 is 8.83 Å². The summed E-state index contributed by atoms with van der Waals surface area (Å²) in [4.78, 5) is 5.41. The van der Waals surface area contributed by atoms with Crippen molar-refractivity contribution in [2.45, 2.75) is 131 Å². The van der Waals surface area contributed by atoms with Gasteiger partial charge in [0.1, 0.15) is 22.3 Å². The molecule has 2 aromatic heterocycles. The van der Waals surface area contributed by atoms with Crippen LogP contribution in [0, 0.1) is 0 Å². The Balaban J connectivity index is 1.06. The largest absolute Gasteiger partial charge is 0.455 e. The van der Waals surface area contributed by atoms with Crippen molar-refractivity contribution in [1.29, 1.82) is 0 Å². The van der Waals surface area contributed by atoms with Gasteiger partial charge in [0.05, 0.1) is 11.4 Å². The Bertz CT molecular complexity index is 5430. The molecule has 0 N–H and O–H groups in total. The second-order valence-electron chi connectivity index (χ2n) is 34.1. The summed E-state index contributed by atoms with van der Waals surface area (Å²) < 4.78 is 14.0. The third kappa shape index (κ3) is 11.1. The number of furan rings is 2. The Morgan fingerprint density at radius 3 is 0.874 bits per heavy atom. The quantitative estimate of drug-likeness (QED) is 0.142. The minimum absolute atomic E-state index is 0.109.